The van der Waals surface area contributed by atoms with Gasteiger partial charge in [0.05, 0.1) is 16.8 Å². The summed E-state index contributed by atoms with van der Waals surface area (Å²) < 4.78 is 12.8. The highest BCUT2D eigenvalue weighted by molar-refractivity contribution is 6.14. The summed E-state index contributed by atoms with van der Waals surface area (Å²) in [4.78, 5) is 2.37. The molecule has 2 heterocycles. The summed E-state index contributed by atoms with van der Waals surface area (Å²) in [5.74, 6) is 0. The van der Waals surface area contributed by atoms with Crippen LogP contribution in [0.2, 0.25) is 0 Å². The number of hydrogen-bond acceptors (Lipinski definition) is 3. The van der Waals surface area contributed by atoms with Crippen LogP contribution in [0.15, 0.2) is 209 Å². The van der Waals surface area contributed by atoms with Gasteiger partial charge in [0.2, 0.25) is 0 Å². The minimum absolute atomic E-state index is 0.853. The average molecular weight is 704 g/mol. The van der Waals surface area contributed by atoms with Crippen molar-refractivity contribution in [2.45, 2.75) is 0 Å². The molecule has 0 amide bonds. The quantitative estimate of drug-likeness (QED) is 0.173. The maximum absolute atomic E-state index is 6.42. The number of anilines is 3. The average Bonchev–Trinajstić information content (AvgIpc) is 3.83. The molecule has 0 fully saturated rings. The standard InChI is InChI=1S/C52H33NO2/c1-2-16-40-35(12-1)13-10-20-41(40)37-15-9-14-36(32-37)34-26-29-39(30-27-34)53(47-22-11-25-50-52(47)45-19-5-8-24-49(45)54-50)46-21-6-3-17-42(46)38-28-31-44-43-18-4-7-23-48(43)55-51(44)33-38/h1-33H. The molecule has 55 heavy (non-hydrogen) atoms. The molecule has 0 saturated carbocycles. The van der Waals surface area contributed by atoms with Gasteiger partial charge in [0, 0.05) is 27.4 Å². The molecular weight excluding hydrogens is 671 g/mol. The molecule has 3 nitrogen and oxygen atoms in total. The smallest absolute Gasteiger partial charge is 0.137 e. The van der Waals surface area contributed by atoms with E-state index in [1.807, 2.05) is 24.3 Å². The van der Waals surface area contributed by atoms with E-state index in [0.717, 1.165) is 77.6 Å². The van der Waals surface area contributed by atoms with E-state index in [9.17, 15) is 0 Å². The van der Waals surface area contributed by atoms with E-state index in [2.05, 4.69) is 181 Å². The Morgan fingerprint density at radius 3 is 1.76 bits per heavy atom. The first kappa shape index (κ1) is 31.2. The first-order chi connectivity index (χ1) is 27.3. The van der Waals surface area contributed by atoms with Crippen molar-refractivity contribution >= 4 is 71.7 Å². The van der Waals surface area contributed by atoms with Crippen molar-refractivity contribution in [1.29, 1.82) is 0 Å². The van der Waals surface area contributed by atoms with Gasteiger partial charge in [-0.15, -0.1) is 0 Å². The number of fused-ring (bicyclic) bond motifs is 7. The van der Waals surface area contributed by atoms with E-state index >= 15 is 0 Å². The first-order valence-electron chi connectivity index (χ1n) is 18.7. The van der Waals surface area contributed by atoms with E-state index in [4.69, 9.17) is 8.83 Å². The van der Waals surface area contributed by atoms with Crippen LogP contribution in [0, 0.1) is 0 Å². The predicted octanol–water partition coefficient (Wildman–Crippen LogP) is 15.1. The lowest BCUT2D eigenvalue weighted by Gasteiger charge is -2.28. The Morgan fingerprint density at radius 1 is 0.309 bits per heavy atom. The molecule has 0 aliphatic carbocycles. The van der Waals surface area contributed by atoms with Gasteiger partial charge in [-0.05, 0) is 99.3 Å². The SMILES string of the molecule is c1cc(-c2ccc(N(c3ccccc3-c3ccc4c(c3)oc3ccccc34)c3cccc4oc5ccccc5c34)cc2)cc(-c2cccc3ccccc23)c1. The molecular formula is C52H33NO2. The minimum Gasteiger partial charge on any atom is -0.456 e. The monoisotopic (exact) mass is 703 g/mol. The van der Waals surface area contributed by atoms with Gasteiger partial charge in [-0.25, -0.2) is 0 Å². The molecule has 2 aromatic heterocycles. The maximum Gasteiger partial charge on any atom is 0.137 e. The van der Waals surface area contributed by atoms with Crippen molar-refractivity contribution in [1.82, 2.24) is 0 Å². The van der Waals surface area contributed by atoms with Gasteiger partial charge in [0.1, 0.15) is 22.3 Å². The Balaban J connectivity index is 1.07. The second kappa shape index (κ2) is 12.6. The Kier molecular flexibility index (Phi) is 7.17. The first-order valence-corrected chi connectivity index (χ1v) is 18.7. The van der Waals surface area contributed by atoms with Gasteiger partial charge in [-0.2, -0.15) is 0 Å². The van der Waals surface area contributed by atoms with E-state index in [-0.39, 0.29) is 0 Å². The summed E-state index contributed by atoms with van der Waals surface area (Å²) in [7, 11) is 0. The lowest BCUT2D eigenvalue weighted by Crippen LogP contribution is -2.11. The van der Waals surface area contributed by atoms with Crippen molar-refractivity contribution in [2.75, 3.05) is 4.90 Å². The number of benzene rings is 9. The summed E-state index contributed by atoms with van der Waals surface area (Å²) >= 11 is 0. The normalized spacial score (nSPS) is 11.6. The highest BCUT2D eigenvalue weighted by atomic mass is 16.3. The molecule has 0 spiro atoms. The highest BCUT2D eigenvalue weighted by Crippen LogP contribution is 2.47. The van der Waals surface area contributed by atoms with Crippen molar-refractivity contribution in [2.24, 2.45) is 0 Å². The summed E-state index contributed by atoms with van der Waals surface area (Å²) in [6.45, 7) is 0. The third-order valence-corrected chi connectivity index (χ3v) is 10.9. The number of para-hydroxylation sites is 3. The topological polar surface area (TPSA) is 29.5 Å². The molecule has 0 saturated heterocycles. The van der Waals surface area contributed by atoms with Crippen molar-refractivity contribution in [3.05, 3.63) is 200 Å². The van der Waals surface area contributed by atoms with E-state index in [1.54, 1.807) is 0 Å². The fraction of sp³-hybridized carbons (Fsp3) is 0. The van der Waals surface area contributed by atoms with Crippen LogP contribution in [0.4, 0.5) is 17.1 Å². The van der Waals surface area contributed by atoms with Crippen LogP contribution in [-0.4, -0.2) is 0 Å². The zero-order valence-electron chi connectivity index (χ0n) is 29.8. The third kappa shape index (κ3) is 5.20. The molecule has 0 bridgehead atoms. The number of rotatable bonds is 6. The van der Waals surface area contributed by atoms with Crippen molar-refractivity contribution in [3.63, 3.8) is 0 Å². The summed E-state index contributed by atoms with van der Waals surface area (Å²) in [5.41, 5.74) is 13.6. The second-order valence-electron chi connectivity index (χ2n) is 14.1. The second-order valence-corrected chi connectivity index (χ2v) is 14.1. The van der Waals surface area contributed by atoms with E-state index in [0.29, 0.717) is 0 Å². The molecule has 11 rings (SSSR count). The molecule has 3 heteroatoms. The maximum atomic E-state index is 6.42. The zero-order valence-corrected chi connectivity index (χ0v) is 29.8. The largest absolute Gasteiger partial charge is 0.456 e. The summed E-state index contributed by atoms with van der Waals surface area (Å²) in [6.07, 6.45) is 0. The number of hydrogen-bond donors (Lipinski definition) is 0. The molecule has 0 radical (unpaired) electrons. The number of furan rings is 2. The molecule has 0 aliphatic heterocycles. The summed E-state index contributed by atoms with van der Waals surface area (Å²) in [5, 5.41) is 6.90. The summed E-state index contributed by atoms with van der Waals surface area (Å²) in [6, 6.07) is 71.0. The molecule has 0 aliphatic rings. The third-order valence-electron chi connectivity index (χ3n) is 10.9. The molecule has 0 unspecified atom stereocenters. The van der Waals surface area contributed by atoms with Gasteiger partial charge in [0.25, 0.3) is 0 Å². The Hall–Kier alpha value is -7.36. The van der Waals surface area contributed by atoms with Crippen molar-refractivity contribution < 1.29 is 8.83 Å². The lowest BCUT2D eigenvalue weighted by molar-refractivity contribution is 0.668. The van der Waals surface area contributed by atoms with E-state index in [1.165, 1.54) is 27.5 Å². The van der Waals surface area contributed by atoms with Crippen LogP contribution in [0.3, 0.4) is 0 Å². The van der Waals surface area contributed by atoms with Crippen LogP contribution >= 0.6 is 0 Å². The van der Waals surface area contributed by atoms with E-state index < -0.39 is 0 Å². The van der Waals surface area contributed by atoms with Crippen LogP contribution in [-0.2, 0) is 0 Å². The fourth-order valence-electron chi connectivity index (χ4n) is 8.30. The Morgan fingerprint density at radius 2 is 0.873 bits per heavy atom. The van der Waals surface area contributed by atoms with Crippen LogP contribution in [0.25, 0.3) is 88.0 Å². The molecule has 0 N–H and O–H groups in total. The fourth-order valence-corrected chi connectivity index (χ4v) is 8.30. The Bertz CT molecular complexity index is 3220. The molecule has 9 aromatic carbocycles. The van der Waals surface area contributed by atoms with Crippen molar-refractivity contribution in [3.8, 4) is 33.4 Å². The van der Waals surface area contributed by atoms with Gasteiger partial charge < -0.3 is 13.7 Å². The van der Waals surface area contributed by atoms with Gasteiger partial charge in [-0.1, -0.05) is 140 Å². The van der Waals surface area contributed by atoms with Crippen LogP contribution in [0.5, 0.6) is 0 Å². The van der Waals surface area contributed by atoms with Crippen LogP contribution in [0.1, 0.15) is 0 Å². The molecule has 0 atom stereocenters. The highest BCUT2D eigenvalue weighted by Gasteiger charge is 2.22. The molecule has 11 aromatic rings. The van der Waals surface area contributed by atoms with Gasteiger partial charge >= 0.3 is 0 Å². The Labute approximate surface area is 317 Å². The van der Waals surface area contributed by atoms with Crippen LogP contribution < -0.4 is 4.90 Å². The van der Waals surface area contributed by atoms with Gasteiger partial charge in [0.15, 0.2) is 0 Å². The lowest BCUT2D eigenvalue weighted by atomic mass is 9.95. The zero-order chi connectivity index (χ0) is 36.3. The predicted molar refractivity (Wildman–Crippen MR) is 229 cm³/mol. The van der Waals surface area contributed by atoms with Gasteiger partial charge in [-0.3, -0.25) is 0 Å². The minimum atomic E-state index is 0.853. The molecule has 258 valence electrons. The number of nitrogens with zero attached hydrogens (tertiary/aromatic N) is 1.